The Balaban J connectivity index is 1.13. The molecule has 0 aliphatic carbocycles. The summed E-state index contributed by atoms with van der Waals surface area (Å²) in [7, 11) is 3.61. The van der Waals surface area contributed by atoms with Gasteiger partial charge in [-0.2, -0.15) is 0 Å². The third-order valence-corrected chi connectivity index (χ3v) is 7.75. The number of hydrogen-bond acceptors (Lipinski definition) is 8. The molecular weight excluding hydrogens is 547 g/mol. The van der Waals surface area contributed by atoms with E-state index >= 15 is 0 Å². The summed E-state index contributed by atoms with van der Waals surface area (Å²) in [5.41, 5.74) is 4.34. The van der Waals surface area contributed by atoms with Crippen molar-refractivity contribution < 1.29 is 18.7 Å². The lowest BCUT2D eigenvalue weighted by atomic mass is 10.1. The second kappa shape index (κ2) is 12.7. The number of pyridine rings is 2. The fourth-order valence-electron chi connectivity index (χ4n) is 5.38. The topological polar surface area (TPSA) is 94.4 Å². The number of likely N-dealkylation sites (tertiary alicyclic amines) is 1. The highest BCUT2D eigenvalue weighted by Gasteiger charge is 2.21. The number of aryl methyl sites for hydroxylation is 1. The van der Waals surface area contributed by atoms with Gasteiger partial charge in [0.2, 0.25) is 5.95 Å². The first-order valence-electron chi connectivity index (χ1n) is 14.3. The van der Waals surface area contributed by atoms with Gasteiger partial charge in [0.05, 0.1) is 41.5 Å². The SMILES string of the molecule is COC1CCN(CC(=O)Cc2cc(Oc3ccc4c(c3)nc(Nc3cc(-c5ccncc5)ccc3F)n4C)ccn2)CC1. The summed E-state index contributed by atoms with van der Waals surface area (Å²) in [6.45, 7) is 2.13. The van der Waals surface area contributed by atoms with Gasteiger partial charge in [0, 0.05) is 58.0 Å². The van der Waals surface area contributed by atoms with Gasteiger partial charge in [-0.3, -0.25) is 19.7 Å². The van der Waals surface area contributed by atoms with Gasteiger partial charge in [-0.15, -0.1) is 0 Å². The maximum atomic E-state index is 14.8. The van der Waals surface area contributed by atoms with Gasteiger partial charge in [0.15, 0.2) is 5.78 Å². The first kappa shape index (κ1) is 28.4. The van der Waals surface area contributed by atoms with Gasteiger partial charge < -0.3 is 19.4 Å². The highest BCUT2D eigenvalue weighted by atomic mass is 19.1. The molecule has 1 aliphatic rings. The summed E-state index contributed by atoms with van der Waals surface area (Å²) in [4.78, 5) is 28.0. The van der Waals surface area contributed by atoms with E-state index in [1.807, 2.05) is 41.9 Å². The Morgan fingerprint density at radius 1 is 0.977 bits per heavy atom. The van der Waals surface area contributed by atoms with Crippen LogP contribution in [0.3, 0.4) is 0 Å². The van der Waals surface area contributed by atoms with Crippen LogP contribution in [0.4, 0.5) is 16.0 Å². The van der Waals surface area contributed by atoms with Crippen LogP contribution < -0.4 is 10.1 Å². The molecular formula is C33H33FN6O3. The molecule has 0 amide bonds. The van der Waals surface area contributed by atoms with Gasteiger partial charge in [-0.25, -0.2) is 9.37 Å². The number of nitrogens with one attached hydrogen (secondary N) is 1. The Bertz CT molecular complexity index is 1730. The summed E-state index contributed by atoms with van der Waals surface area (Å²) in [5.74, 6) is 1.42. The zero-order chi connectivity index (χ0) is 29.8. The molecule has 2 aromatic carbocycles. The molecule has 4 heterocycles. The molecule has 1 saturated heterocycles. The van der Waals surface area contributed by atoms with Gasteiger partial charge in [-0.05, 0) is 66.4 Å². The number of carbonyl (C=O) groups excluding carboxylic acids is 1. The zero-order valence-electron chi connectivity index (χ0n) is 24.2. The minimum Gasteiger partial charge on any atom is -0.457 e. The van der Waals surface area contributed by atoms with E-state index in [0.29, 0.717) is 40.9 Å². The second-order valence-corrected chi connectivity index (χ2v) is 10.7. The van der Waals surface area contributed by atoms with E-state index in [4.69, 9.17) is 14.5 Å². The molecule has 0 radical (unpaired) electrons. The van der Waals surface area contributed by atoms with Crippen LogP contribution in [-0.2, 0) is 23.0 Å². The Kier molecular flexibility index (Phi) is 8.39. The molecule has 1 fully saturated rings. The highest BCUT2D eigenvalue weighted by Crippen LogP contribution is 2.30. The number of methoxy groups -OCH3 is 1. The Labute approximate surface area is 249 Å². The number of ketones is 1. The fraction of sp³-hybridized carbons (Fsp3) is 0.273. The second-order valence-electron chi connectivity index (χ2n) is 10.7. The normalized spacial score (nSPS) is 14.2. The number of rotatable bonds is 10. The predicted octanol–water partition coefficient (Wildman–Crippen LogP) is 5.93. The molecule has 3 aromatic heterocycles. The number of nitrogens with zero attached hydrogens (tertiary/aromatic N) is 5. The van der Waals surface area contributed by atoms with Gasteiger partial charge in [0.1, 0.15) is 17.3 Å². The van der Waals surface area contributed by atoms with Gasteiger partial charge in [0.25, 0.3) is 0 Å². The molecule has 5 aromatic rings. The molecule has 1 aliphatic heterocycles. The number of fused-ring (bicyclic) bond motifs is 1. The van der Waals surface area contributed by atoms with Crippen molar-refractivity contribution >= 4 is 28.5 Å². The standard InChI is InChI=1S/C33H33FN6O3/c1-39-32-6-4-27(43-28-9-14-36-24(19-28)18-25(41)21-40-15-10-26(42-2)11-16-40)20-31(32)38-33(39)37-30-17-23(3-5-29(30)34)22-7-12-35-13-8-22/h3-9,12-14,17,19-20,26H,10-11,15-16,18,21H2,1-2H3,(H,37,38). The first-order chi connectivity index (χ1) is 20.9. The van der Waals surface area contributed by atoms with Crippen molar-refractivity contribution in [1.82, 2.24) is 24.4 Å². The van der Waals surface area contributed by atoms with Crippen molar-refractivity contribution in [2.45, 2.75) is 25.4 Å². The lowest BCUT2D eigenvalue weighted by molar-refractivity contribution is -0.120. The number of aromatic nitrogens is 4. The van der Waals surface area contributed by atoms with Crippen molar-refractivity contribution in [2.75, 3.05) is 32.1 Å². The molecule has 0 unspecified atom stereocenters. The summed E-state index contributed by atoms with van der Waals surface area (Å²) in [6.07, 6.45) is 7.48. The van der Waals surface area contributed by atoms with Crippen LogP contribution in [0.5, 0.6) is 11.5 Å². The maximum absolute atomic E-state index is 14.8. The van der Waals surface area contributed by atoms with Crippen LogP contribution in [0, 0.1) is 5.82 Å². The summed E-state index contributed by atoms with van der Waals surface area (Å²) in [6, 6.07) is 17.8. The number of piperidine rings is 1. The maximum Gasteiger partial charge on any atom is 0.208 e. The minimum absolute atomic E-state index is 0.123. The summed E-state index contributed by atoms with van der Waals surface area (Å²) >= 11 is 0. The molecule has 0 atom stereocenters. The number of anilines is 2. The van der Waals surface area contributed by atoms with E-state index in [9.17, 15) is 9.18 Å². The van der Waals surface area contributed by atoms with E-state index in [2.05, 4.69) is 20.2 Å². The minimum atomic E-state index is -0.378. The van der Waals surface area contributed by atoms with Crippen LogP contribution in [0.1, 0.15) is 18.5 Å². The average Bonchev–Trinajstić information content (AvgIpc) is 3.33. The van der Waals surface area contributed by atoms with Crippen molar-refractivity contribution in [3.8, 4) is 22.6 Å². The molecule has 220 valence electrons. The molecule has 1 N–H and O–H groups in total. The van der Waals surface area contributed by atoms with E-state index in [-0.39, 0.29) is 24.1 Å². The van der Waals surface area contributed by atoms with Gasteiger partial charge >= 0.3 is 0 Å². The lowest BCUT2D eigenvalue weighted by Gasteiger charge is -2.30. The van der Waals surface area contributed by atoms with Crippen LogP contribution in [0.2, 0.25) is 0 Å². The first-order valence-corrected chi connectivity index (χ1v) is 14.3. The molecule has 0 bridgehead atoms. The van der Waals surface area contributed by atoms with Crippen LogP contribution in [-0.4, -0.2) is 63.1 Å². The van der Waals surface area contributed by atoms with Gasteiger partial charge in [-0.1, -0.05) is 6.07 Å². The fourth-order valence-corrected chi connectivity index (χ4v) is 5.38. The molecule has 10 heteroatoms. The van der Waals surface area contributed by atoms with E-state index in [0.717, 1.165) is 42.6 Å². The van der Waals surface area contributed by atoms with Crippen LogP contribution in [0.15, 0.2) is 79.3 Å². The number of ether oxygens (including phenoxy) is 2. The quantitative estimate of drug-likeness (QED) is 0.217. The molecule has 0 spiro atoms. The number of hydrogen-bond donors (Lipinski definition) is 1. The van der Waals surface area contributed by atoms with E-state index in [1.165, 1.54) is 6.07 Å². The smallest absolute Gasteiger partial charge is 0.208 e. The third kappa shape index (κ3) is 6.71. The van der Waals surface area contributed by atoms with Crippen molar-refractivity contribution in [3.63, 3.8) is 0 Å². The Morgan fingerprint density at radius 2 is 1.77 bits per heavy atom. The van der Waals surface area contributed by atoms with Crippen molar-refractivity contribution in [3.05, 3.63) is 90.8 Å². The molecule has 0 saturated carbocycles. The lowest BCUT2D eigenvalue weighted by Crippen LogP contribution is -2.39. The van der Waals surface area contributed by atoms with Crippen molar-refractivity contribution in [2.24, 2.45) is 7.05 Å². The molecule has 43 heavy (non-hydrogen) atoms. The third-order valence-electron chi connectivity index (χ3n) is 7.75. The zero-order valence-corrected chi connectivity index (χ0v) is 24.2. The number of imidazole rings is 1. The predicted molar refractivity (Wildman–Crippen MR) is 163 cm³/mol. The number of carbonyl (C=O) groups is 1. The average molecular weight is 581 g/mol. The summed E-state index contributed by atoms with van der Waals surface area (Å²) in [5, 5.41) is 3.14. The highest BCUT2D eigenvalue weighted by molar-refractivity contribution is 5.83. The molecule has 6 rings (SSSR count). The summed E-state index contributed by atoms with van der Waals surface area (Å²) < 4.78 is 28.2. The van der Waals surface area contributed by atoms with Crippen LogP contribution in [0.25, 0.3) is 22.2 Å². The van der Waals surface area contributed by atoms with E-state index in [1.54, 1.807) is 50.0 Å². The Morgan fingerprint density at radius 3 is 2.56 bits per heavy atom. The largest absolute Gasteiger partial charge is 0.457 e. The van der Waals surface area contributed by atoms with Crippen LogP contribution >= 0.6 is 0 Å². The number of benzene rings is 2. The molecule has 9 nitrogen and oxygen atoms in total. The monoisotopic (exact) mass is 580 g/mol. The number of Topliss-reactive ketones (excluding diaryl/α,β-unsaturated/α-hetero) is 1. The Hall–Kier alpha value is -4.67. The van der Waals surface area contributed by atoms with Crippen molar-refractivity contribution in [1.29, 1.82) is 0 Å². The van der Waals surface area contributed by atoms with E-state index < -0.39 is 0 Å². The number of halogens is 1.